The van der Waals surface area contributed by atoms with E-state index in [2.05, 4.69) is 9.97 Å². The summed E-state index contributed by atoms with van der Waals surface area (Å²) in [5.74, 6) is 0. The van der Waals surface area contributed by atoms with E-state index in [0.29, 0.717) is 5.69 Å². The van der Waals surface area contributed by atoms with Crippen molar-refractivity contribution in [3.63, 3.8) is 0 Å². The highest BCUT2D eigenvalue weighted by Crippen LogP contribution is 2.08. The average molecular weight is 202 g/mol. The van der Waals surface area contributed by atoms with Crippen LogP contribution in [-0.4, -0.2) is 14.4 Å². The van der Waals surface area contributed by atoms with Crippen molar-refractivity contribution >= 4 is 5.65 Å². The number of aryl methyl sites for hydroxylation is 2. The van der Waals surface area contributed by atoms with Gasteiger partial charge >= 0.3 is 0 Å². The van der Waals surface area contributed by atoms with Gasteiger partial charge in [0.25, 0.3) is 0 Å². The molecule has 0 unspecified atom stereocenters. The van der Waals surface area contributed by atoms with Gasteiger partial charge in [0.1, 0.15) is 6.07 Å². The molecule has 4 heteroatoms. The van der Waals surface area contributed by atoms with Gasteiger partial charge < -0.3 is 4.40 Å². The van der Waals surface area contributed by atoms with E-state index < -0.39 is 0 Å². The zero-order valence-electron chi connectivity index (χ0n) is 9.44. The molecule has 0 radical (unpaired) electrons. The Hall–Kier alpha value is -1.89. The molecule has 2 rings (SSSR count). The van der Waals surface area contributed by atoms with Crippen LogP contribution in [0.2, 0.25) is 0 Å². The minimum atomic E-state index is 0.419. The van der Waals surface area contributed by atoms with Crippen LogP contribution in [-0.2, 0) is 0 Å². The Morgan fingerprint density at radius 3 is 2.47 bits per heavy atom. The Morgan fingerprint density at radius 2 is 1.87 bits per heavy atom. The van der Waals surface area contributed by atoms with Gasteiger partial charge in [-0.05, 0) is 13.8 Å². The predicted molar refractivity (Wildman–Crippen MR) is 58.5 cm³/mol. The van der Waals surface area contributed by atoms with Crippen LogP contribution in [0, 0.1) is 25.2 Å². The molecule has 0 saturated carbocycles. The number of hydrogen-bond donors (Lipinski definition) is 0. The topological polar surface area (TPSA) is 54.0 Å². The maximum absolute atomic E-state index is 8.68. The molecular formula is C11H14N4. The first-order valence-corrected chi connectivity index (χ1v) is 4.94. The molecule has 2 aromatic rings. The highest BCUT2D eigenvalue weighted by molar-refractivity contribution is 5.46. The Balaban J connectivity index is 0.000000531. The predicted octanol–water partition coefficient (Wildman–Crippen LogP) is 2.24. The van der Waals surface area contributed by atoms with Crippen LogP contribution in [0.5, 0.6) is 0 Å². The molecule has 0 atom stereocenters. The minimum absolute atomic E-state index is 0.419. The van der Waals surface area contributed by atoms with E-state index in [-0.39, 0.29) is 0 Å². The number of aromatic nitrogens is 3. The number of hydrogen-bond acceptors (Lipinski definition) is 3. The Kier molecular flexibility index (Phi) is 3.40. The normalized spacial score (nSPS) is 9.27. The lowest BCUT2D eigenvalue weighted by molar-refractivity contribution is 1.06. The summed E-state index contributed by atoms with van der Waals surface area (Å²) in [6.45, 7) is 7.76. The van der Waals surface area contributed by atoms with Crippen molar-refractivity contribution in [2.45, 2.75) is 27.7 Å². The third kappa shape index (κ3) is 2.13. The fourth-order valence-corrected chi connectivity index (χ4v) is 1.33. The van der Waals surface area contributed by atoms with E-state index in [4.69, 9.17) is 5.26 Å². The molecule has 0 saturated heterocycles. The summed E-state index contributed by atoms with van der Waals surface area (Å²) in [6, 6.07) is 2.01. The van der Waals surface area contributed by atoms with Crippen LogP contribution in [0.1, 0.15) is 30.9 Å². The fraction of sp³-hybridized carbons (Fsp3) is 0.364. The molecule has 0 amide bonds. The maximum atomic E-state index is 8.68. The second-order valence-electron chi connectivity index (χ2n) is 2.94. The first kappa shape index (κ1) is 11.2. The average Bonchev–Trinajstić information content (AvgIpc) is 2.62. The summed E-state index contributed by atoms with van der Waals surface area (Å²) in [5, 5.41) is 8.68. The Morgan fingerprint density at radius 1 is 1.20 bits per heavy atom. The molecule has 0 aliphatic carbocycles. The van der Waals surface area contributed by atoms with Gasteiger partial charge in [-0.2, -0.15) is 5.26 Å². The summed E-state index contributed by atoms with van der Waals surface area (Å²) in [7, 11) is 0. The number of imidazole rings is 1. The van der Waals surface area contributed by atoms with E-state index in [1.165, 1.54) is 0 Å². The molecule has 2 aromatic heterocycles. The highest BCUT2D eigenvalue weighted by atomic mass is 15.0. The number of nitriles is 1. The molecule has 0 bridgehead atoms. The van der Waals surface area contributed by atoms with Gasteiger partial charge in [0.05, 0.1) is 11.4 Å². The maximum Gasteiger partial charge on any atom is 0.158 e. The highest BCUT2D eigenvalue weighted by Gasteiger charge is 2.03. The monoisotopic (exact) mass is 202 g/mol. The third-order valence-electron chi connectivity index (χ3n) is 1.84. The van der Waals surface area contributed by atoms with Gasteiger partial charge in [0, 0.05) is 12.4 Å². The summed E-state index contributed by atoms with van der Waals surface area (Å²) in [6.07, 6.45) is 3.56. The second kappa shape index (κ2) is 4.56. The molecule has 0 aromatic carbocycles. The zero-order valence-corrected chi connectivity index (χ0v) is 9.44. The van der Waals surface area contributed by atoms with Gasteiger partial charge in [-0.15, -0.1) is 0 Å². The van der Waals surface area contributed by atoms with E-state index >= 15 is 0 Å². The lowest BCUT2D eigenvalue weighted by Crippen LogP contribution is -1.94. The summed E-state index contributed by atoms with van der Waals surface area (Å²) >= 11 is 0. The smallest absolute Gasteiger partial charge is 0.158 e. The second-order valence-corrected chi connectivity index (χ2v) is 2.94. The number of fused-ring (bicyclic) bond motifs is 1. The van der Waals surface area contributed by atoms with Crippen molar-refractivity contribution in [3.05, 3.63) is 29.5 Å². The molecule has 4 nitrogen and oxygen atoms in total. The number of rotatable bonds is 0. The first-order chi connectivity index (χ1) is 7.20. The molecule has 0 aliphatic rings. The van der Waals surface area contributed by atoms with Crippen LogP contribution in [0.3, 0.4) is 0 Å². The Bertz CT molecular complexity index is 505. The molecule has 0 N–H and O–H groups in total. The van der Waals surface area contributed by atoms with Crippen molar-refractivity contribution in [1.29, 1.82) is 5.26 Å². The van der Waals surface area contributed by atoms with Crippen molar-refractivity contribution in [2.75, 3.05) is 0 Å². The van der Waals surface area contributed by atoms with Gasteiger partial charge in [0.2, 0.25) is 0 Å². The van der Waals surface area contributed by atoms with Crippen LogP contribution in [0.4, 0.5) is 0 Å². The molecule has 0 spiro atoms. The van der Waals surface area contributed by atoms with Crippen LogP contribution < -0.4 is 0 Å². The summed E-state index contributed by atoms with van der Waals surface area (Å²) < 4.78 is 1.83. The van der Waals surface area contributed by atoms with E-state index in [9.17, 15) is 0 Å². The van der Waals surface area contributed by atoms with E-state index in [0.717, 1.165) is 17.0 Å². The van der Waals surface area contributed by atoms with Crippen molar-refractivity contribution in [3.8, 4) is 6.07 Å². The molecular weight excluding hydrogens is 188 g/mol. The standard InChI is InChI=1S/C9H8N4.C2H6/c1-6-4-13-5-8(3-10)12-7(2)9(13)11-6;1-2/h4-5H,1-2H3;1-2H3. The minimum Gasteiger partial charge on any atom is -0.302 e. The van der Waals surface area contributed by atoms with Gasteiger partial charge in [0.15, 0.2) is 11.3 Å². The lowest BCUT2D eigenvalue weighted by atomic mass is 10.4. The van der Waals surface area contributed by atoms with Crippen molar-refractivity contribution in [1.82, 2.24) is 14.4 Å². The molecule has 0 aliphatic heterocycles. The third-order valence-corrected chi connectivity index (χ3v) is 1.84. The van der Waals surface area contributed by atoms with Crippen molar-refractivity contribution < 1.29 is 0 Å². The summed E-state index contributed by atoms with van der Waals surface area (Å²) in [4.78, 5) is 8.37. The molecule has 0 fully saturated rings. The van der Waals surface area contributed by atoms with Crippen LogP contribution in [0.15, 0.2) is 12.4 Å². The SMILES string of the molecule is CC.Cc1cn2cc(C#N)nc(C)c2n1. The van der Waals surface area contributed by atoms with Crippen LogP contribution in [0.25, 0.3) is 5.65 Å². The summed E-state index contributed by atoms with van der Waals surface area (Å²) in [5.41, 5.74) is 2.95. The zero-order chi connectivity index (χ0) is 11.4. The van der Waals surface area contributed by atoms with Gasteiger partial charge in [-0.1, -0.05) is 13.8 Å². The van der Waals surface area contributed by atoms with Crippen LogP contribution >= 0.6 is 0 Å². The lowest BCUT2D eigenvalue weighted by Gasteiger charge is -1.96. The van der Waals surface area contributed by atoms with E-state index in [1.54, 1.807) is 6.20 Å². The quantitative estimate of drug-likeness (QED) is 0.658. The van der Waals surface area contributed by atoms with E-state index in [1.807, 2.05) is 44.4 Å². The molecule has 2 heterocycles. The fourth-order valence-electron chi connectivity index (χ4n) is 1.33. The first-order valence-electron chi connectivity index (χ1n) is 4.94. The van der Waals surface area contributed by atoms with Gasteiger partial charge in [-0.25, -0.2) is 9.97 Å². The molecule has 78 valence electrons. The Labute approximate surface area is 89.2 Å². The van der Waals surface area contributed by atoms with Gasteiger partial charge in [-0.3, -0.25) is 0 Å². The number of nitrogens with zero attached hydrogens (tertiary/aromatic N) is 4. The largest absolute Gasteiger partial charge is 0.302 e. The van der Waals surface area contributed by atoms with Crippen molar-refractivity contribution in [2.24, 2.45) is 0 Å². The molecule has 15 heavy (non-hydrogen) atoms.